The highest BCUT2D eigenvalue weighted by molar-refractivity contribution is 5.93. The topological polar surface area (TPSA) is 73.6 Å². The zero-order valence-corrected chi connectivity index (χ0v) is 14.3. The van der Waals surface area contributed by atoms with Gasteiger partial charge in [0.05, 0.1) is 6.10 Å². The summed E-state index contributed by atoms with van der Waals surface area (Å²) >= 11 is 0. The molecule has 132 valence electrons. The van der Waals surface area contributed by atoms with Crippen LogP contribution in [-0.2, 0) is 9.47 Å². The SMILES string of the molecule is CCO[C@@H]1C[C@H](NC(=O)c2ncoc2[C@@H]2CCCO2)C12CCCC2. The molecule has 1 aromatic heterocycles. The third-order valence-corrected chi connectivity index (χ3v) is 6.02. The van der Waals surface area contributed by atoms with Crippen LogP contribution in [-0.4, -0.2) is 36.3 Å². The largest absolute Gasteiger partial charge is 0.445 e. The molecule has 4 rings (SSSR count). The number of carbonyl (C=O) groups excluding carboxylic acids is 1. The van der Waals surface area contributed by atoms with E-state index in [4.69, 9.17) is 13.9 Å². The minimum absolute atomic E-state index is 0.124. The Balaban J connectivity index is 1.46. The molecule has 0 unspecified atom stereocenters. The lowest BCUT2D eigenvalue weighted by Crippen LogP contribution is -2.63. The van der Waals surface area contributed by atoms with Gasteiger partial charge in [0.15, 0.2) is 17.8 Å². The molecule has 24 heavy (non-hydrogen) atoms. The number of nitrogens with zero attached hydrogens (tertiary/aromatic N) is 1. The second-order valence-corrected chi connectivity index (χ2v) is 7.21. The van der Waals surface area contributed by atoms with Gasteiger partial charge in [-0.25, -0.2) is 4.98 Å². The van der Waals surface area contributed by atoms with E-state index in [-0.39, 0.29) is 29.6 Å². The Morgan fingerprint density at radius 1 is 1.42 bits per heavy atom. The van der Waals surface area contributed by atoms with Gasteiger partial charge in [-0.3, -0.25) is 4.79 Å². The van der Waals surface area contributed by atoms with E-state index < -0.39 is 0 Å². The molecular formula is C18H26N2O4. The van der Waals surface area contributed by atoms with Crippen LogP contribution in [0.5, 0.6) is 0 Å². The lowest BCUT2D eigenvalue weighted by atomic mass is 9.60. The molecule has 3 atom stereocenters. The first-order valence-corrected chi connectivity index (χ1v) is 9.22. The minimum Gasteiger partial charge on any atom is -0.445 e. The number of carbonyl (C=O) groups is 1. The van der Waals surface area contributed by atoms with E-state index in [0.29, 0.717) is 18.1 Å². The van der Waals surface area contributed by atoms with E-state index in [1.54, 1.807) is 0 Å². The maximum absolute atomic E-state index is 12.8. The van der Waals surface area contributed by atoms with Crippen LogP contribution in [0.2, 0.25) is 0 Å². The summed E-state index contributed by atoms with van der Waals surface area (Å²) < 4.78 is 17.0. The molecule has 2 aliphatic carbocycles. The van der Waals surface area contributed by atoms with E-state index in [0.717, 1.165) is 38.7 Å². The Hall–Kier alpha value is -1.40. The minimum atomic E-state index is -0.138. The van der Waals surface area contributed by atoms with Gasteiger partial charge < -0.3 is 19.2 Å². The fourth-order valence-corrected chi connectivity index (χ4v) is 4.75. The van der Waals surface area contributed by atoms with Crippen LogP contribution in [0.3, 0.4) is 0 Å². The molecule has 1 aromatic rings. The molecule has 3 fully saturated rings. The zero-order valence-electron chi connectivity index (χ0n) is 14.3. The molecule has 1 saturated heterocycles. The van der Waals surface area contributed by atoms with Crippen LogP contribution < -0.4 is 5.32 Å². The highest BCUT2D eigenvalue weighted by atomic mass is 16.5. The molecule has 0 radical (unpaired) electrons. The number of amides is 1. The van der Waals surface area contributed by atoms with E-state index in [1.807, 2.05) is 6.92 Å². The van der Waals surface area contributed by atoms with Crippen molar-refractivity contribution in [2.45, 2.75) is 70.1 Å². The van der Waals surface area contributed by atoms with E-state index >= 15 is 0 Å². The highest BCUT2D eigenvalue weighted by Gasteiger charge is 2.57. The zero-order chi connectivity index (χ0) is 16.6. The molecular weight excluding hydrogens is 308 g/mol. The molecule has 0 aromatic carbocycles. The van der Waals surface area contributed by atoms with Crippen LogP contribution in [0.15, 0.2) is 10.8 Å². The van der Waals surface area contributed by atoms with Gasteiger partial charge in [-0.1, -0.05) is 12.8 Å². The second kappa shape index (κ2) is 6.48. The van der Waals surface area contributed by atoms with Gasteiger partial charge >= 0.3 is 0 Å². The summed E-state index contributed by atoms with van der Waals surface area (Å²) in [5, 5.41) is 3.21. The molecule has 6 heteroatoms. The van der Waals surface area contributed by atoms with Crippen molar-refractivity contribution in [1.82, 2.24) is 10.3 Å². The molecule has 3 aliphatic rings. The Kier molecular flexibility index (Phi) is 4.35. The third kappa shape index (κ3) is 2.56. The van der Waals surface area contributed by atoms with Crippen LogP contribution in [0, 0.1) is 5.41 Å². The molecule has 2 saturated carbocycles. The van der Waals surface area contributed by atoms with Crippen molar-refractivity contribution in [3.8, 4) is 0 Å². The molecule has 1 aliphatic heterocycles. The Bertz CT molecular complexity index is 588. The fourth-order valence-electron chi connectivity index (χ4n) is 4.75. The third-order valence-electron chi connectivity index (χ3n) is 6.02. The number of aromatic nitrogens is 1. The standard InChI is InChI=1S/C18H26N2O4/c1-2-22-14-10-13(18(14)7-3-4-8-18)20-17(21)15-16(24-11-19-15)12-6-5-9-23-12/h11-14H,2-10H2,1H3,(H,20,21)/t12-,13-,14+/m0/s1. The van der Waals surface area contributed by atoms with Gasteiger partial charge in [0, 0.05) is 24.7 Å². The van der Waals surface area contributed by atoms with Gasteiger partial charge in [-0.15, -0.1) is 0 Å². The van der Waals surface area contributed by atoms with Crippen molar-refractivity contribution in [3.05, 3.63) is 17.8 Å². The predicted molar refractivity (Wildman–Crippen MR) is 86.6 cm³/mol. The molecule has 1 amide bonds. The van der Waals surface area contributed by atoms with Crippen molar-refractivity contribution in [2.24, 2.45) is 5.41 Å². The highest BCUT2D eigenvalue weighted by Crippen LogP contribution is 2.54. The summed E-state index contributed by atoms with van der Waals surface area (Å²) in [5.41, 5.74) is 0.509. The van der Waals surface area contributed by atoms with Crippen molar-refractivity contribution in [2.75, 3.05) is 13.2 Å². The van der Waals surface area contributed by atoms with Gasteiger partial charge in [-0.05, 0) is 39.0 Å². The second-order valence-electron chi connectivity index (χ2n) is 7.21. The van der Waals surface area contributed by atoms with Crippen LogP contribution >= 0.6 is 0 Å². The Morgan fingerprint density at radius 2 is 2.25 bits per heavy atom. The summed E-state index contributed by atoms with van der Waals surface area (Å²) in [6.07, 6.45) is 9.00. The van der Waals surface area contributed by atoms with Gasteiger partial charge in [0.25, 0.3) is 5.91 Å². The number of hydrogen-bond acceptors (Lipinski definition) is 5. The van der Waals surface area contributed by atoms with Crippen molar-refractivity contribution < 1.29 is 18.7 Å². The monoisotopic (exact) mass is 334 g/mol. The van der Waals surface area contributed by atoms with Gasteiger partial charge in [0.2, 0.25) is 0 Å². The van der Waals surface area contributed by atoms with Crippen molar-refractivity contribution in [3.63, 3.8) is 0 Å². The molecule has 0 bridgehead atoms. The van der Waals surface area contributed by atoms with E-state index in [2.05, 4.69) is 10.3 Å². The van der Waals surface area contributed by atoms with Gasteiger partial charge in [0.1, 0.15) is 6.10 Å². The average molecular weight is 334 g/mol. The van der Waals surface area contributed by atoms with Crippen LogP contribution in [0.25, 0.3) is 0 Å². The van der Waals surface area contributed by atoms with E-state index in [9.17, 15) is 4.79 Å². The number of rotatable bonds is 5. The maximum atomic E-state index is 12.8. The fraction of sp³-hybridized carbons (Fsp3) is 0.778. The molecule has 2 heterocycles. The van der Waals surface area contributed by atoms with Crippen LogP contribution in [0.1, 0.15) is 74.2 Å². The quantitative estimate of drug-likeness (QED) is 0.896. The maximum Gasteiger partial charge on any atom is 0.273 e. The Labute approximate surface area is 142 Å². The average Bonchev–Trinajstić information content (AvgIpc) is 3.34. The summed E-state index contributed by atoms with van der Waals surface area (Å²) in [5.74, 6) is 0.437. The van der Waals surface area contributed by atoms with Crippen molar-refractivity contribution >= 4 is 5.91 Å². The van der Waals surface area contributed by atoms with Gasteiger partial charge in [-0.2, -0.15) is 0 Å². The Morgan fingerprint density at radius 3 is 2.96 bits per heavy atom. The first kappa shape index (κ1) is 16.1. The summed E-state index contributed by atoms with van der Waals surface area (Å²) in [7, 11) is 0. The molecule has 1 N–H and O–H groups in total. The molecule has 6 nitrogen and oxygen atoms in total. The number of oxazole rings is 1. The smallest absolute Gasteiger partial charge is 0.273 e. The van der Waals surface area contributed by atoms with Crippen molar-refractivity contribution in [1.29, 1.82) is 0 Å². The number of ether oxygens (including phenoxy) is 2. The lowest BCUT2D eigenvalue weighted by molar-refractivity contribution is -0.127. The predicted octanol–water partition coefficient (Wildman–Crippen LogP) is 2.99. The first-order chi connectivity index (χ1) is 11.7. The number of nitrogens with one attached hydrogen (secondary N) is 1. The number of hydrogen-bond donors (Lipinski definition) is 1. The normalized spacial score (nSPS) is 31.3. The summed E-state index contributed by atoms with van der Waals surface area (Å²) in [6, 6.07) is 0.179. The molecule has 1 spiro atoms. The lowest BCUT2D eigenvalue weighted by Gasteiger charge is -2.54. The van der Waals surface area contributed by atoms with E-state index in [1.165, 1.54) is 19.2 Å². The summed E-state index contributed by atoms with van der Waals surface area (Å²) in [6.45, 7) is 3.49. The first-order valence-electron chi connectivity index (χ1n) is 9.22. The van der Waals surface area contributed by atoms with Crippen LogP contribution in [0.4, 0.5) is 0 Å². The summed E-state index contributed by atoms with van der Waals surface area (Å²) in [4.78, 5) is 16.9.